The zero-order valence-corrected chi connectivity index (χ0v) is 20.1. The van der Waals surface area contributed by atoms with Crippen LogP contribution in [-0.2, 0) is 16.2 Å². The summed E-state index contributed by atoms with van der Waals surface area (Å²) in [7, 11) is 0.392. The number of halogens is 7. The summed E-state index contributed by atoms with van der Waals surface area (Å²) in [6, 6.07) is 7.94. The van der Waals surface area contributed by atoms with Gasteiger partial charge in [-0.3, -0.25) is 4.72 Å². The Bertz CT molecular complexity index is 1380. The van der Waals surface area contributed by atoms with Crippen LogP contribution in [0.25, 0.3) is 11.1 Å². The number of hydrogen-bond donors (Lipinski definition) is 1. The first-order chi connectivity index (χ1) is 16.6. The number of alkyl halides is 3. The fourth-order valence-corrected chi connectivity index (χ4v) is 4.64. The third-order valence-corrected chi connectivity index (χ3v) is 6.56. The summed E-state index contributed by atoms with van der Waals surface area (Å²) in [6.07, 6.45) is -4.88. The third-order valence-electron chi connectivity index (χ3n) is 5.19. The summed E-state index contributed by atoms with van der Waals surface area (Å²) in [5.41, 5.74) is -5.09. The molecule has 0 saturated heterocycles. The van der Waals surface area contributed by atoms with E-state index in [9.17, 15) is 34.8 Å². The molecule has 0 heterocycles. The van der Waals surface area contributed by atoms with Crippen LogP contribution in [0.2, 0.25) is 0 Å². The Morgan fingerprint density at radius 3 is 1.67 bits per heavy atom. The predicted molar refractivity (Wildman–Crippen MR) is 123 cm³/mol. The van der Waals surface area contributed by atoms with Crippen LogP contribution in [-0.4, -0.2) is 36.6 Å². The molecule has 0 atom stereocenters. The van der Waals surface area contributed by atoms with Crippen molar-refractivity contribution in [2.75, 3.05) is 42.7 Å². The molecule has 194 valence electrons. The zero-order chi connectivity index (χ0) is 27.2. The molecule has 13 heteroatoms. The molecule has 36 heavy (non-hydrogen) atoms. The van der Waals surface area contributed by atoms with Crippen LogP contribution in [0.3, 0.4) is 0 Å². The largest absolute Gasteiger partial charge is 0.420 e. The van der Waals surface area contributed by atoms with Gasteiger partial charge in [0.05, 0.1) is 22.0 Å². The highest BCUT2D eigenvalue weighted by atomic mass is 32.2. The number of nitrogens with zero attached hydrogens (tertiary/aromatic N) is 2. The van der Waals surface area contributed by atoms with Crippen LogP contribution >= 0.6 is 0 Å². The second kappa shape index (κ2) is 9.52. The predicted octanol–water partition coefficient (Wildman–Crippen LogP) is 5.86. The maximum Gasteiger partial charge on any atom is 0.420 e. The minimum absolute atomic E-state index is 0.407. The summed E-state index contributed by atoms with van der Waals surface area (Å²) in [4.78, 5) is 1.68. The number of sulfonamides is 1. The molecule has 0 amide bonds. The first kappa shape index (κ1) is 27.1. The second-order valence-electron chi connectivity index (χ2n) is 8.10. The fraction of sp³-hybridized carbons (Fsp3) is 0.217. The van der Waals surface area contributed by atoms with Crippen molar-refractivity contribution in [3.8, 4) is 11.1 Å². The average Bonchev–Trinajstić information content (AvgIpc) is 2.80. The van der Waals surface area contributed by atoms with Gasteiger partial charge in [0.15, 0.2) is 23.3 Å². The van der Waals surface area contributed by atoms with Crippen molar-refractivity contribution in [1.29, 1.82) is 0 Å². The van der Waals surface area contributed by atoms with Gasteiger partial charge in [-0.25, -0.2) is 26.0 Å². The normalized spacial score (nSPS) is 12.0. The molecule has 5 nitrogen and oxygen atoms in total. The van der Waals surface area contributed by atoms with Crippen molar-refractivity contribution in [3.05, 3.63) is 71.3 Å². The third kappa shape index (κ3) is 4.92. The van der Waals surface area contributed by atoms with Crippen molar-refractivity contribution < 1.29 is 39.2 Å². The topological polar surface area (TPSA) is 52.7 Å². The van der Waals surface area contributed by atoms with Crippen LogP contribution in [0, 0.1) is 23.3 Å². The second-order valence-corrected chi connectivity index (χ2v) is 9.78. The van der Waals surface area contributed by atoms with Crippen molar-refractivity contribution in [1.82, 2.24) is 0 Å². The minimum Gasteiger partial charge on any atom is -0.377 e. The van der Waals surface area contributed by atoms with Gasteiger partial charge >= 0.3 is 6.18 Å². The van der Waals surface area contributed by atoms with Gasteiger partial charge in [0, 0.05) is 33.8 Å². The van der Waals surface area contributed by atoms with Crippen molar-refractivity contribution in [2.24, 2.45) is 0 Å². The van der Waals surface area contributed by atoms with E-state index in [0.29, 0.717) is 0 Å². The van der Waals surface area contributed by atoms with Gasteiger partial charge in [0.2, 0.25) is 0 Å². The summed E-state index contributed by atoms with van der Waals surface area (Å²) in [6.45, 7) is 0. The summed E-state index contributed by atoms with van der Waals surface area (Å²) >= 11 is 0. The van der Waals surface area contributed by atoms with Gasteiger partial charge in [-0.05, 0) is 29.8 Å². The molecule has 0 aliphatic carbocycles. The smallest absolute Gasteiger partial charge is 0.377 e. The van der Waals surface area contributed by atoms with Gasteiger partial charge in [-0.1, -0.05) is 18.2 Å². The maximum absolute atomic E-state index is 15.1. The molecule has 0 bridgehead atoms. The molecule has 0 spiro atoms. The number of hydrogen-bond acceptors (Lipinski definition) is 4. The number of rotatable bonds is 6. The lowest BCUT2D eigenvalue weighted by Gasteiger charge is -2.27. The molecule has 0 aromatic heterocycles. The molecule has 0 saturated carbocycles. The lowest BCUT2D eigenvalue weighted by atomic mass is 9.97. The van der Waals surface area contributed by atoms with E-state index in [1.807, 2.05) is 0 Å². The van der Waals surface area contributed by atoms with E-state index >= 15 is 4.39 Å². The summed E-state index contributed by atoms with van der Waals surface area (Å²) < 4.78 is 128. The van der Waals surface area contributed by atoms with E-state index in [1.54, 1.807) is 4.72 Å². The number of nitrogens with one attached hydrogen (secondary N) is 1. The Labute approximate surface area is 202 Å². The van der Waals surface area contributed by atoms with Gasteiger partial charge < -0.3 is 9.80 Å². The Kier molecular flexibility index (Phi) is 7.17. The Hall–Kier alpha value is -3.48. The van der Waals surface area contributed by atoms with E-state index in [4.69, 9.17) is 0 Å². The summed E-state index contributed by atoms with van der Waals surface area (Å²) in [5, 5.41) is 0. The highest BCUT2D eigenvalue weighted by Crippen LogP contribution is 2.47. The van der Waals surface area contributed by atoms with Crippen molar-refractivity contribution in [2.45, 2.75) is 11.1 Å². The van der Waals surface area contributed by atoms with Gasteiger partial charge in [-0.2, -0.15) is 13.2 Å². The zero-order valence-electron chi connectivity index (χ0n) is 19.3. The van der Waals surface area contributed by atoms with Crippen LogP contribution in [0.1, 0.15) is 5.56 Å². The number of benzene rings is 3. The van der Waals surface area contributed by atoms with Crippen LogP contribution in [0.5, 0.6) is 0 Å². The van der Waals surface area contributed by atoms with Crippen LogP contribution in [0.15, 0.2) is 47.4 Å². The highest BCUT2D eigenvalue weighted by molar-refractivity contribution is 7.92. The Morgan fingerprint density at radius 2 is 1.22 bits per heavy atom. The van der Waals surface area contributed by atoms with Gasteiger partial charge in [0.25, 0.3) is 10.0 Å². The average molecular weight is 535 g/mol. The standard InChI is InChI=1S/C23H20F7N3O2S/c1-32(2)14-10-12(11-15(33(3)4)17(14)23(28,29)30)16-18(24)19(25)20(26)21(27)22(16)31-36(34,35)13-8-6-5-7-9-13/h5-11,31H,1-4H3. The molecule has 1 N–H and O–H groups in total. The summed E-state index contributed by atoms with van der Waals surface area (Å²) in [5.74, 6) is -8.62. The highest BCUT2D eigenvalue weighted by Gasteiger charge is 2.39. The SMILES string of the molecule is CN(C)c1cc(-c2c(F)c(F)c(F)c(F)c2NS(=O)(=O)c2ccccc2)cc(N(C)C)c1C(F)(F)F. The maximum atomic E-state index is 15.1. The Balaban J connectivity index is 2.42. The van der Waals surface area contributed by atoms with E-state index < -0.39 is 78.1 Å². The Morgan fingerprint density at radius 1 is 0.750 bits per heavy atom. The lowest BCUT2D eigenvalue weighted by Crippen LogP contribution is -2.22. The van der Waals surface area contributed by atoms with E-state index in [2.05, 4.69) is 0 Å². The monoisotopic (exact) mass is 535 g/mol. The minimum atomic E-state index is -4.88. The quantitative estimate of drug-likeness (QED) is 0.244. The van der Waals surface area contributed by atoms with E-state index in [1.165, 1.54) is 46.4 Å². The molecule has 0 radical (unpaired) electrons. The van der Waals surface area contributed by atoms with Gasteiger partial charge in [-0.15, -0.1) is 0 Å². The van der Waals surface area contributed by atoms with Crippen LogP contribution in [0.4, 0.5) is 47.8 Å². The van der Waals surface area contributed by atoms with E-state index in [0.717, 1.165) is 34.1 Å². The molecular formula is C23H20F7N3O2S. The van der Waals surface area contributed by atoms with Crippen molar-refractivity contribution >= 4 is 27.1 Å². The van der Waals surface area contributed by atoms with Crippen molar-refractivity contribution in [3.63, 3.8) is 0 Å². The molecular weight excluding hydrogens is 515 g/mol. The molecule has 0 unspecified atom stereocenters. The first-order valence-corrected chi connectivity index (χ1v) is 11.6. The molecule has 3 aromatic carbocycles. The fourth-order valence-electron chi connectivity index (χ4n) is 3.54. The van der Waals surface area contributed by atoms with Crippen LogP contribution < -0.4 is 14.5 Å². The first-order valence-electron chi connectivity index (χ1n) is 10.1. The lowest BCUT2D eigenvalue weighted by molar-refractivity contribution is -0.136. The molecule has 3 rings (SSSR count). The van der Waals surface area contributed by atoms with E-state index in [-0.39, 0.29) is 0 Å². The number of anilines is 3. The molecule has 3 aromatic rings. The van der Waals surface area contributed by atoms with Gasteiger partial charge in [0.1, 0.15) is 5.56 Å². The molecule has 0 fully saturated rings. The molecule has 0 aliphatic rings. The molecule has 0 aliphatic heterocycles.